The van der Waals surface area contributed by atoms with E-state index >= 15 is 0 Å². The fraction of sp³-hybridized carbons (Fsp3) is 0. The van der Waals surface area contributed by atoms with Crippen LogP contribution in [0.4, 0.5) is 17.1 Å². The molecule has 0 saturated carbocycles. The van der Waals surface area contributed by atoms with Crippen molar-refractivity contribution in [2.45, 2.75) is 0 Å². The van der Waals surface area contributed by atoms with Crippen molar-refractivity contribution in [1.29, 1.82) is 0 Å². The van der Waals surface area contributed by atoms with E-state index in [9.17, 15) is 0 Å². The number of nitrogens with zero attached hydrogens (tertiary/aromatic N) is 2. The number of aromatic nitrogens is 1. The normalized spacial score (nSPS) is 11.9. The van der Waals surface area contributed by atoms with Crippen LogP contribution in [0.15, 0.2) is 227 Å². The van der Waals surface area contributed by atoms with Crippen LogP contribution in [0.25, 0.3) is 104 Å². The molecule has 0 aliphatic carbocycles. The molecule has 0 aliphatic heterocycles. The van der Waals surface area contributed by atoms with Gasteiger partial charge < -0.3 is 18.3 Å². The standard InChI is InChI=1S/C58H36N2O2/c1-2-12-39-35-58-51(33-38(39)11-1)50-34-41(24-32-56(50)62-58)45-13-3-7-17-52(45)59(42-25-21-37(22-26-42)40-23-31-49-48-16-6-10-20-55(48)61-57(49)36-40)43-27-29-44(30-28-43)60-53-18-8-4-14-46(53)47-15-5-9-19-54(47)60/h1-36H. The molecule has 0 atom stereocenters. The first-order valence-corrected chi connectivity index (χ1v) is 21.1. The van der Waals surface area contributed by atoms with E-state index in [4.69, 9.17) is 8.83 Å². The van der Waals surface area contributed by atoms with Gasteiger partial charge in [-0.3, -0.25) is 0 Å². The quantitative estimate of drug-likeness (QED) is 0.168. The second-order valence-electron chi connectivity index (χ2n) is 16.1. The summed E-state index contributed by atoms with van der Waals surface area (Å²) in [5.41, 5.74) is 14.7. The van der Waals surface area contributed by atoms with Crippen molar-refractivity contribution in [2.24, 2.45) is 0 Å². The van der Waals surface area contributed by atoms with Crippen LogP contribution < -0.4 is 4.90 Å². The Labute approximate surface area is 356 Å². The summed E-state index contributed by atoms with van der Waals surface area (Å²) in [7, 11) is 0. The van der Waals surface area contributed by atoms with Crippen LogP contribution >= 0.6 is 0 Å². The number of anilines is 3. The lowest BCUT2D eigenvalue weighted by Crippen LogP contribution is -2.11. The predicted octanol–water partition coefficient (Wildman–Crippen LogP) is 16.5. The van der Waals surface area contributed by atoms with Gasteiger partial charge in [0, 0.05) is 54.9 Å². The minimum Gasteiger partial charge on any atom is -0.456 e. The first-order valence-electron chi connectivity index (χ1n) is 21.1. The second kappa shape index (κ2) is 13.6. The van der Waals surface area contributed by atoms with Crippen molar-refractivity contribution in [2.75, 3.05) is 4.90 Å². The van der Waals surface area contributed by atoms with Gasteiger partial charge in [-0.1, -0.05) is 121 Å². The van der Waals surface area contributed by atoms with Crippen molar-refractivity contribution >= 4 is 93.5 Å². The first kappa shape index (κ1) is 34.5. The van der Waals surface area contributed by atoms with E-state index in [0.29, 0.717) is 0 Å². The molecule has 0 bridgehead atoms. The maximum atomic E-state index is 6.43. The number of rotatable bonds is 6. The molecule has 0 spiro atoms. The molecule has 13 aromatic rings. The molecule has 62 heavy (non-hydrogen) atoms. The molecule has 0 unspecified atom stereocenters. The van der Waals surface area contributed by atoms with Crippen LogP contribution in [0.3, 0.4) is 0 Å². The van der Waals surface area contributed by atoms with Gasteiger partial charge in [0.05, 0.1) is 16.7 Å². The highest BCUT2D eigenvalue weighted by atomic mass is 16.3. The SMILES string of the molecule is c1ccc(N(c2ccc(-c3ccc4c(c3)oc3ccccc34)cc2)c2ccc(-n3c4ccccc4c4ccccc43)cc2)c(-c2ccc3oc4cc5ccccc5cc4c3c2)c1. The average Bonchev–Trinajstić information content (AvgIpc) is 4.00. The number of furan rings is 2. The number of fused-ring (bicyclic) bond motifs is 10. The van der Waals surface area contributed by atoms with E-state index < -0.39 is 0 Å². The Morgan fingerprint density at radius 2 is 0.855 bits per heavy atom. The highest BCUT2D eigenvalue weighted by Gasteiger charge is 2.20. The Morgan fingerprint density at radius 3 is 1.61 bits per heavy atom. The van der Waals surface area contributed by atoms with E-state index in [1.54, 1.807) is 0 Å². The maximum Gasteiger partial charge on any atom is 0.136 e. The van der Waals surface area contributed by atoms with E-state index in [-0.39, 0.29) is 0 Å². The van der Waals surface area contributed by atoms with Gasteiger partial charge in [0.1, 0.15) is 22.3 Å². The van der Waals surface area contributed by atoms with Crippen molar-refractivity contribution in [3.8, 4) is 27.9 Å². The van der Waals surface area contributed by atoms with Gasteiger partial charge in [0.2, 0.25) is 0 Å². The van der Waals surface area contributed by atoms with Crippen LogP contribution in [-0.2, 0) is 0 Å². The topological polar surface area (TPSA) is 34.5 Å². The van der Waals surface area contributed by atoms with Gasteiger partial charge in [-0.05, 0) is 125 Å². The lowest BCUT2D eigenvalue weighted by atomic mass is 9.98. The third-order valence-electron chi connectivity index (χ3n) is 12.6. The van der Waals surface area contributed by atoms with E-state index in [1.165, 1.54) is 32.6 Å². The molecule has 0 aliphatic rings. The zero-order valence-corrected chi connectivity index (χ0v) is 33.5. The number of hydrogen-bond acceptors (Lipinski definition) is 3. The predicted molar refractivity (Wildman–Crippen MR) is 258 cm³/mol. The van der Waals surface area contributed by atoms with Gasteiger partial charge in [-0.2, -0.15) is 0 Å². The maximum absolute atomic E-state index is 6.43. The summed E-state index contributed by atoms with van der Waals surface area (Å²) in [6.45, 7) is 0. The number of benzene rings is 10. The largest absolute Gasteiger partial charge is 0.456 e. The van der Waals surface area contributed by atoms with Crippen LogP contribution in [0.2, 0.25) is 0 Å². The molecule has 0 amide bonds. The molecule has 3 aromatic heterocycles. The summed E-state index contributed by atoms with van der Waals surface area (Å²) >= 11 is 0. The second-order valence-corrected chi connectivity index (χ2v) is 16.1. The van der Waals surface area contributed by atoms with E-state index in [2.05, 4.69) is 216 Å². The number of para-hydroxylation sites is 4. The minimum absolute atomic E-state index is 0.880. The summed E-state index contributed by atoms with van der Waals surface area (Å²) in [6.07, 6.45) is 0. The molecule has 0 N–H and O–H groups in total. The molecule has 13 rings (SSSR count). The molecule has 4 nitrogen and oxygen atoms in total. The first-order chi connectivity index (χ1) is 30.7. The molecular weight excluding hydrogens is 757 g/mol. The van der Waals surface area contributed by atoms with Crippen molar-refractivity contribution < 1.29 is 8.83 Å². The van der Waals surface area contributed by atoms with Crippen LogP contribution in [-0.4, -0.2) is 4.57 Å². The third kappa shape index (κ3) is 5.40. The van der Waals surface area contributed by atoms with Crippen LogP contribution in [0.5, 0.6) is 0 Å². The Morgan fingerprint density at radius 1 is 0.323 bits per heavy atom. The Bertz CT molecular complexity index is 3810. The molecule has 0 radical (unpaired) electrons. The molecule has 0 fully saturated rings. The molecule has 4 heteroatoms. The van der Waals surface area contributed by atoms with Crippen molar-refractivity contribution in [3.63, 3.8) is 0 Å². The van der Waals surface area contributed by atoms with Gasteiger partial charge in [0.15, 0.2) is 0 Å². The lowest BCUT2D eigenvalue weighted by Gasteiger charge is -2.28. The van der Waals surface area contributed by atoms with Gasteiger partial charge >= 0.3 is 0 Å². The van der Waals surface area contributed by atoms with E-state index in [1.807, 2.05) is 12.1 Å². The van der Waals surface area contributed by atoms with Gasteiger partial charge in [-0.15, -0.1) is 0 Å². The van der Waals surface area contributed by atoms with Gasteiger partial charge in [0.25, 0.3) is 0 Å². The zero-order valence-electron chi connectivity index (χ0n) is 33.5. The lowest BCUT2D eigenvalue weighted by molar-refractivity contribution is 0.669. The molecule has 3 heterocycles. The Kier molecular flexibility index (Phi) is 7.57. The zero-order chi connectivity index (χ0) is 40.7. The summed E-state index contributed by atoms with van der Waals surface area (Å²) in [5, 5.41) is 9.35. The summed E-state index contributed by atoms with van der Waals surface area (Å²) < 4.78 is 15.1. The highest BCUT2D eigenvalue weighted by molar-refractivity contribution is 6.12. The Balaban J connectivity index is 0.956. The van der Waals surface area contributed by atoms with Gasteiger partial charge in [-0.25, -0.2) is 0 Å². The van der Waals surface area contributed by atoms with Crippen molar-refractivity contribution in [3.05, 3.63) is 218 Å². The fourth-order valence-electron chi connectivity index (χ4n) is 9.63. The summed E-state index contributed by atoms with van der Waals surface area (Å²) in [4.78, 5) is 2.38. The fourth-order valence-corrected chi connectivity index (χ4v) is 9.63. The summed E-state index contributed by atoms with van der Waals surface area (Å²) in [5.74, 6) is 0. The van der Waals surface area contributed by atoms with Crippen molar-refractivity contribution in [1.82, 2.24) is 4.57 Å². The summed E-state index contributed by atoms with van der Waals surface area (Å²) in [6, 6.07) is 78.1. The molecule has 0 saturated heterocycles. The minimum atomic E-state index is 0.880. The average molecular weight is 793 g/mol. The Hall–Kier alpha value is -8.34. The third-order valence-corrected chi connectivity index (χ3v) is 12.6. The highest BCUT2D eigenvalue weighted by Crippen LogP contribution is 2.44. The molecular formula is C58H36N2O2. The van der Waals surface area contributed by atoms with E-state index in [0.717, 1.165) is 88.9 Å². The molecule has 10 aromatic carbocycles. The van der Waals surface area contributed by atoms with Crippen LogP contribution in [0.1, 0.15) is 0 Å². The molecule has 290 valence electrons. The van der Waals surface area contributed by atoms with Crippen LogP contribution in [0, 0.1) is 0 Å². The number of hydrogen-bond donors (Lipinski definition) is 0. The smallest absolute Gasteiger partial charge is 0.136 e. The monoisotopic (exact) mass is 792 g/mol.